The van der Waals surface area contributed by atoms with Crippen molar-refractivity contribution in [1.82, 2.24) is 10.6 Å². The fraction of sp³-hybridized carbons (Fsp3) is 0.286. The number of likely N-dealkylation sites (N-methyl/N-ethyl adjacent to an activating group) is 1. The van der Waals surface area contributed by atoms with Crippen molar-refractivity contribution in [3.63, 3.8) is 0 Å². The fourth-order valence-electron chi connectivity index (χ4n) is 2.63. The number of ketones is 1. The Balaban J connectivity index is 2.37. The smallest absolute Gasteiger partial charge is 0.193 e. The second kappa shape index (κ2) is 10.2. The number of thioether (sulfide) groups is 1. The number of benzene rings is 2. The SMILES string of the molecule is CN/C(CSc1ccc(C)cc1)=C(/C(=O)c1ccc(Cl)cc1Cl)C(C)NC. The van der Waals surface area contributed by atoms with Crippen LogP contribution >= 0.6 is 35.0 Å². The maximum Gasteiger partial charge on any atom is 0.193 e. The van der Waals surface area contributed by atoms with Crippen molar-refractivity contribution in [3.8, 4) is 0 Å². The summed E-state index contributed by atoms with van der Waals surface area (Å²) in [6.07, 6.45) is 0. The monoisotopic (exact) mass is 422 g/mol. The van der Waals surface area contributed by atoms with E-state index < -0.39 is 0 Å². The van der Waals surface area contributed by atoms with Crippen molar-refractivity contribution in [2.75, 3.05) is 19.8 Å². The molecule has 0 heterocycles. The predicted octanol–water partition coefficient (Wildman–Crippen LogP) is 5.36. The number of hydrogen-bond acceptors (Lipinski definition) is 4. The van der Waals surface area contributed by atoms with Gasteiger partial charge in [-0.25, -0.2) is 0 Å². The minimum absolute atomic E-state index is 0.104. The number of carbonyl (C=O) groups excluding carboxylic acids is 1. The molecule has 0 saturated heterocycles. The molecule has 27 heavy (non-hydrogen) atoms. The third kappa shape index (κ3) is 5.76. The number of halogens is 2. The Morgan fingerprint density at radius 3 is 2.33 bits per heavy atom. The molecule has 0 saturated carbocycles. The van der Waals surface area contributed by atoms with Gasteiger partial charge in [-0.1, -0.05) is 40.9 Å². The molecule has 0 amide bonds. The lowest BCUT2D eigenvalue weighted by Gasteiger charge is -2.20. The minimum Gasteiger partial charge on any atom is -0.390 e. The first kappa shape index (κ1) is 21.8. The molecule has 1 unspecified atom stereocenters. The first-order chi connectivity index (χ1) is 12.9. The maximum atomic E-state index is 13.3. The van der Waals surface area contributed by atoms with Crippen LogP contribution in [0, 0.1) is 6.92 Å². The lowest BCUT2D eigenvalue weighted by Crippen LogP contribution is -2.32. The molecule has 144 valence electrons. The van der Waals surface area contributed by atoms with E-state index in [1.165, 1.54) is 5.56 Å². The molecular formula is C21H24Cl2N2OS. The van der Waals surface area contributed by atoms with E-state index >= 15 is 0 Å². The Kier molecular flexibility index (Phi) is 8.24. The fourth-order valence-corrected chi connectivity index (χ4v) is 4.07. The summed E-state index contributed by atoms with van der Waals surface area (Å²) in [6, 6.07) is 13.2. The summed E-state index contributed by atoms with van der Waals surface area (Å²) in [5.41, 5.74) is 3.22. The molecule has 0 aliphatic heterocycles. The van der Waals surface area contributed by atoms with E-state index in [1.54, 1.807) is 30.0 Å². The minimum atomic E-state index is -0.134. The average Bonchev–Trinajstić information content (AvgIpc) is 2.65. The van der Waals surface area contributed by atoms with Crippen molar-refractivity contribution in [2.45, 2.75) is 24.8 Å². The van der Waals surface area contributed by atoms with E-state index in [-0.39, 0.29) is 11.8 Å². The van der Waals surface area contributed by atoms with Gasteiger partial charge < -0.3 is 10.6 Å². The van der Waals surface area contributed by atoms with Gasteiger partial charge in [-0.2, -0.15) is 0 Å². The molecule has 0 aliphatic carbocycles. The largest absolute Gasteiger partial charge is 0.390 e. The van der Waals surface area contributed by atoms with E-state index in [0.29, 0.717) is 26.9 Å². The van der Waals surface area contributed by atoms with Gasteiger partial charge in [0.05, 0.1) is 5.02 Å². The van der Waals surface area contributed by atoms with Crippen LogP contribution in [0.3, 0.4) is 0 Å². The van der Waals surface area contributed by atoms with Crippen molar-refractivity contribution in [2.24, 2.45) is 0 Å². The Bertz CT molecular complexity index is 835. The molecule has 1 atom stereocenters. The van der Waals surface area contributed by atoms with E-state index in [9.17, 15) is 4.79 Å². The second-order valence-corrected chi connectivity index (χ2v) is 8.10. The topological polar surface area (TPSA) is 41.1 Å². The van der Waals surface area contributed by atoms with Crippen LogP contribution in [-0.4, -0.2) is 31.7 Å². The molecule has 2 rings (SSSR count). The molecule has 0 fully saturated rings. The van der Waals surface area contributed by atoms with Gasteiger partial charge in [-0.15, -0.1) is 11.8 Å². The standard InChI is InChI=1S/C21H24Cl2N2OS/c1-13-5-8-16(9-6-13)27-12-19(25-4)20(14(2)24-3)21(26)17-10-7-15(22)11-18(17)23/h5-11,14,24-25H,12H2,1-4H3/b20-19+. The highest BCUT2D eigenvalue weighted by Crippen LogP contribution is 2.27. The predicted molar refractivity (Wildman–Crippen MR) is 117 cm³/mol. The molecule has 0 aromatic heterocycles. The highest BCUT2D eigenvalue weighted by atomic mass is 35.5. The summed E-state index contributed by atoms with van der Waals surface area (Å²) in [5.74, 6) is 0.546. The first-order valence-electron chi connectivity index (χ1n) is 8.64. The first-order valence-corrected chi connectivity index (χ1v) is 10.4. The summed E-state index contributed by atoms with van der Waals surface area (Å²) in [5, 5.41) is 7.24. The van der Waals surface area contributed by atoms with Gasteiger partial charge in [0, 0.05) is 45.6 Å². The van der Waals surface area contributed by atoms with Crippen LogP contribution in [0.15, 0.2) is 58.6 Å². The lowest BCUT2D eigenvalue weighted by molar-refractivity contribution is 0.102. The third-order valence-corrected chi connectivity index (χ3v) is 5.90. The molecule has 6 heteroatoms. The van der Waals surface area contributed by atoms with Gasteiger partial charge in [0.25, 0.3) is 0 Å². The highest BCUT2D eigenvalue weighted by Gasteiger charge is 2.23. The van der Waals surface area contributed by atoms with Crippen molar-refractivity contribution >= 4 is 40.7 Å². The van der Waals surface area contributed by atoms with Crippen LogP contribution in [-0.2, 0) is 0 Å². The van der Waals surface area contributed by atoms with Crippen LogP contribution < -0.4 is 10.6 Å². The number of rotatable bonds is 8. The summed E-state index contributed by atoms with van der Waals surface area (Å²) in [4.78, 5) is 14.4. The molecular weight excluding hydrogens is 399 g/mol. The lowest BCUT2D eigenvalue weighted by atomic mass is 9.96. The van der Waals surface area contributed by atoms with Gasteiger partial charge in [0.2, 0.25) is 0 Å². The Hall–Kier alpha value is -1.46. The van der Waals surface area contributed by atoms with E-state index in [1.807, 2.05) is 21.0 Å². The van der Waals surface area contributed by atoms with Gasteiger partial charge in [-0.3, -0.25) is 4.79 Å². The van der Waals surface area contributed by atoms with Gasteiger partial charge in [0.1, 0.15) is 0 Å². The van der Waals surface area contributed by atoms with Crippen LogP contribution in [0.2, 0.25) is 10.0 Å². The Morgan fingerprint density at radius 2 is 1.78 bits per heavy atom. The number of aryl methyl sites for hydroxylation is 1. The second-order valence-electron chi connectivity index (χ2n) is 6.21. The molecule has 0 radical (unpaired) electrons. The third-order valence-electron chi connectivity index (χ3n) is 4.32. The van der Waals surface area contributed by atoms with Crippen LogP contribution in [0.25, 0.3) is 0 Å². The van der Waals surface area contributed by atoms with Crippen LogP contribution in [0.1, 0.15) is 22.8 Å². The molecule has 0 bridgehead atoms. The van der Waals surface area contributed by atoms with Gasteiger partial charge in [-0.05, 0) is 51.2 Å². The molecule has 0 aliphatic rings. The van der Waals surface area contributed by atoms with E-state index in [4.69, 9.17) is 23.2 Å². The van der Waals surface area contributed by atoms with Crippen LogP contribution in [0.4, 0.5) is 0 Å². The zero-order valence-electron chi connectivity index (χ0n) is 15.9. The zero-order chi connectivity index (χ0) is 20.0. The van der Waals surface area contributed by atoms with E-state index in [0.717, 1.165) is 10.6 Å². The Labute approximate surface area is 175 Å². The summed E-state index contributed by atoms with van der Waals surface area (Å²) in [7, 11) is 3.67. The maximum absolute atomic E-state index is 13.3. The molecule has 2 N–H and O–H groups in total. The number of nitrogens with one attached hydrogen (secondary N) is 2. The van der Waals surface area contributed by atoms with Crippen LogP contribution in [0.5, 0.6) is 0 Å². The van der Waals surface area contributed by atoms with Crippen molar-refractivity contribution in [1.29, 1.82) is 0 Å². The van der Waals surface area contributed by atoms with E-state index in [2.05, 4.69) is 41.8 Å². The normalized spacial score (nSPS) is 13.1. The van der Waals surface area contributed by atoms with Crippen molar-refractivity contribution < 1.29 is 4.79 Å². The average molecular weight is 423 g/mol. The molecule has 2 aromatic carbocycles. The number of carbonyl (C=O) groups is 1. The number of Topliss-reactive ketones (excluding diaryl/α,β-unsaturated/α-hetero) is 1. The molecule has 2 aromatic rings. The van der Waals surface area contributed by atoms with Gasteiger partial charge in [0.15, 0.2) is 5.78 Å². The Morgan fingerprint density at radius 1 is 1.11 bits per heavy atom. The highest BCUT2D eigenvalue weighted by molar-refractivity contribution is 7.99. The molecule has 0 spiro atoms. The quantitative estimate of drug-likeness (QED) is 0.341. The zero-order valence-corrected chi connectivity index (χ0v) is 18.2. The summed E-state index contributed by atoms with van der Waals surface area (Å²) in [6.45, 7) is 4.03. The van der Waals surface area contributed by atoms with Gasteiger partial charge >= 0.3 is 0 Å². The van der Waals surface area contributed by atoms with Crippen molar-refractivity contribution in [3.05, 3.63) is 74.9 Å². The summed E-state index contributed by atoms with van der Waals surface area (Å²) < 4.78 is 0. The summed E-state index contributed by atoms with van der Waals surface area (Å²) >= 11 is 13.9. The number of hydrogen-bond donors (Lipinski definition) is 2. The molecule has 3 nitrogen and oxygen atoms in total.